The fraction of sp³-hybridized carbons (Fsp3) is 0.213. The van der Waals surface area contributed by atoms with E-state index < -0.39 is 0 Å². The molecule has 0 radical (unpaired) electrons. The molecular weight excluding hydrogens is 1510 g/mol. The average Bonchev–Trinajstić information content (AvgIpc) is 1.66. The van der Waals surface area contributed by atoms with Crippen LogP contribution < -0.4 is 28.3 Å². The lowest BCUT2D eigenvalue weighted by molar-refractivity contribution is 0.516. The molecule has 24 nitrogen and oxygen atoms in total. The predicted molar refractivity (Wildman–Crippen MR) is 432 cm³/mol. The van der Waals surface area contributed by atoms with Crippen molar-refractivity contribution in [1.82, 2.24) is 98.3 Å². The molecule has 0 saturated carbocycles. The van der Waals surface area contributed by atoms with Crippen molar-refractivity contribution in [3.05, 3.63) is 231 Å². The predicted octanol–water partition coefficient (Wildman–Crippen LogP) is 16.2. The molecule has 0 aliphatic carbocycles. The van der Waals surface area contributed by atoms with Crippen LogP contribution in [-0.2, 0) is 45.4 Å². The number of halogens is 4. The van der Waals surface area contributed by atoms with Crippen molar-refractivity contribution in [3.63, 3.8) is 0 Å². The Morgan fingerprint density at radius 2 is 0.757 bits per heavy atom. The highest BCUT2D eigenvalue weighted by molar-refractivity contribution is 8.00. The summed E-state index contributed by atoms with van der Waals surface area (Å²) in [6.45, 7) is 17.2. The van der Waals surface area contributed by atoms with E-state index in [9.17, 15) is 0 Å². The second-order valence-electron chi connectivity index (χ2n) is 24.8. The van der Waals surface area contributed by atoms with Crippen LogP contribution in [0.3, 0.4) is 0 Å². The highest BCUT2D eigenvalue weighted by Gasteiger charge is 2.22. The number of benzene rings is 4. The Labute approximate surface area is 654 Å². The zero-order valence-electron chi connectivity index (χ0n) is 59.1. The van der Waals surface area contributed by atoms with Crippen LogP contribution in [0.1, 0.15) is 52.9 Å². The van der Waals surface area contributed by atoms with E-state index in [1.807, 2.05) is 143 Å². The van der Waals surface area contributed by atoms with Gasteiger partial charge in [-0.05, 0) is 190 Å². The maximum absolute atomic E-state index is 6.08. The zero-order valence-corrected chi connectivity index (χ0v) is 65.3. The Morgan fingerprint density at radius 3 is 1.10 bits per heavy atom. The number of aryl methyl sites for hydroxylation is 10. The minimum absolute atomic E-state index is 0.381. The third-order valence-corrected chi connectivity index (χ3v) is 22.2. The van der Waals surface area contributed by atoms with Gasteiger partial charge in [0.25, 0.3) is 0 Å². The largest absolute Gasteiger partial charge is 0.382 e. The van der Waals surface area contributed by atoms with E-state index in [1.165, 1.54) is 30.9 Å². The van der Waals surface area contributed by atoms with Crippen LogP contribution in [0.4, 0.5) is 23.3 Å². The molecule has 9 N–H and O–H groups in total. The number of nitrogen functional groups attached to an aromatic ring is 4. The van der Waals surface area contributed by atoms with Gasteiger partial charge in [-0.1, -0.05) is 119 Å². The number of rotatable bonds is 22. The Hall–Kier alpha value is -9.75. The van der Waals surface area contributed by atoms with Gasteiger partial charge in [0.1, 0.15) is 25.3 Å². The summed E-state index contributed by atoms with van der Waals surface area (Å²) < 4.78 is 8.34. The number of aromatic nitrogens is 19. The third kappa shape index (κ3) is 19.7. The van der Waals surface area contributed by atoms with Crippen LogP contribution >= 0.6 is 93.5 Å². The Kier molecular flexibility index (Phi) is 26.0. The van der Waals surface area contributed by atoms with Crippen LogP contribution in [0.5, 0.6) is 0 Å². The molecular formula is C75H74Cl4N24S4. The summed E-state index contributed by atoms with van der Waals surface area (Å²) in [5, 5.41) is 9.68. The van der Waals surface area contributed by atoms with Crippen LogP contribution in [0, 0.1) is 33.6 Å². The SMILES string of the molecule is Cc1cc(Cl)ccc1Sc1nc2c(N)ncnc2n1CCNCC(C)C.Cc1cc(Cl)ccc1Sc1nc2c(N)ncnc2n1CCc1ccccn1.Cc1cc(Cl)ccc1Sc1nc2c(N)ncnc2n1CCc1cccnc1.Cc1cc(Cl)ccc1Sc1nc2c(N)ncnc2n1CCc1ccncc1. The number of fused-ring (bicyclic) bond motifs is 4. The third-order valence-electron chi connectivity index (χ3n) is 16.6. The molecule has 0 aliphatic rings. The van der Waals surface area contributed by atoms with Crippen LogP contribution in [0.25, 0.3) is 44.7 Å². The second kappa shape index (κ2) is 36.2. The lowest BCUT2D eigenvalue weighted by Crippen LogP contribution is -2.24. The quantitative estimate of drug-likeness (QED) is 0.0394. The van der Waals surface area contributed by atoms with E-state index >= 15 is 0 Å². The first-order chi connectivity index (χ1) is 51.8. The minimum atomic E-state index is 0.381. The average molecular weight is 1580 g/mol. The number of nitrogens with one attached hydrogen (secondary N) is 1. The molecule has 11 heterocycles. The first-order valence-corrected chi connectivity index (χ1v) is 38.6. The molecule has 15 rings (SSSR count). The van der Waals surface area contributed by atoms with Crippen LogP contribution in [-0.4, -0.2) is 106 Å². The summed E-state index contributed by atoms with van der Waals surface area (Å²) in [7, 11) is 0. The molecule has 0 amide bonds. The molecule has 0 unspecified atom stereocenters. The van der Waals surface area contributed by atoms with E-state index in [2.05, 4.69) is 98.3 Å². The number of nitrogens with two attached hydrogens (primary N) is 4. The molecule has 32 heteroatoms. The highest BCUT2D eigenvalue weighted by Crippen LogP contribution is 2.39. The first kappa shape index (κ1) is 76.9. The second-order valence-corrected chi connectivity index (χ2v) is 30.6. The van der Waals surface area contributed by atoms with Gasteiger partial charge in [-0.2, -0.15) is 0 Å². The molecule has 15 aromatic rings. The van der Waals surface area contributed by atoms with E-state index in [1.54, 1.807) is 71.8 Å². The number of hydrogen-bond donors (Lipinski definition) is 5. The Bertz CT molecular complexity index is 5130. The first-order valence-electron chi connectivity index (χ1n) is 33.8. The van der Waals surface area contributed by atoms with Gasteiger partial charge in [0.15, 0.2) is 88.6 Å². The summed E-state index contributed by atoms with van der Waals surface area (Å²) in [5.74, 6) is 2.16. The van der Waals surface area contributed by atoms with Gasteiger partial charge in [0.05, 0.1) is 0 Å². The summed E-state index contributed by atoms with van der Waals surface area (Å²) in [5.41, 5.74) is 37.3. The number of anilines is 4. The van der Waals surface area contributed by atoms with Gasteiger partial charge in [-0.3, -0.25) is 15.0 Å². The van der Waals surface area contributed by atoms with E-state index in [0.717, 1.165) is 162 Å². The van der Waals surface area contributed by atoms with Crippen molar-refractivity contribution in [2.75, 3.05) is 36.0 Å². The maximum atomic E-state index is 6.08. The molecule has 0 saturated heterocycles. The normalized spacial score (nSPS) is 11.3. The van der Waals surface area contributed by atoms with Gasteiger partial charge >= 0.3 is 0 Å². The zero-order chi connectivity index (χ0) is 75.1. The molecule has 0 fully saturated rings. The molecule has 4 aromatic carbocycles. The van der Waals surface area contributed by atoms with E-state index in [-0.39, 0.29) is 0 Å². The van der Waals surface area contributed by atoms with Gasteiger partial charge in [0.2, 0.25) is 0 Å². The van der Waals surface area contributed by atoms with E-state index in [0.29, 0.717) is 64.3 Å². The van der Waals surface area contributed by atoms with Crippen molar-refractivity contribution < 1.29 is 0 Å². The van der Waals surface area contributed by atoms with Gasteiger partial charge in [-0.25, -0.2) is 59.8 Å². The van der Waals surface area contributed by atoms with Crippen LogP contribution in [0.15, 0.2) is 212 Å². The Morgan fingerprint density at radius 1 is 0.383 bits per heavy atom. The van der Waals surface area contributed by atoms with Crippen molar-refractivity contribution in [2.45, 2.75) is 127 Å². The number of nitrogens with zero attached hydrogens (tertiary/aromatic N) is 19. The highest BCUT2D eigenvalue weighted by atomic mass is 35.5. The molecule has 107 heavy (non-hydrogen) atoms. The topological polar surface area (TPSA) is 329 Å². The summed E-state index contributed by atoms with van der Waals surface area (Å²) in [4.78, 5) is 69.8. The molecule has 0 aliphatic heterocycles. The van der Waals surface area contributed by atoms with E-state index in [4.69, 9.17) is 89.3 Å². The maximum Gasteiger partial charge on any atom is 0.175 e. The van der Waals surface area contributed by atoms with Gasteiger partial charge in [0, 0.05) is 115 Å². The van der Waals surface area contributed by atoms with Crippen molar-refractivity contribution in [3.8, 4) is 0 Å². The molecule has 0 atom stereocenters. The monoisotopic (exact) mass is 1580 g/mol. The van der Waals surface area contributed by atoms with Crippen molar-refractivity contribution in [2.24, 2.45) is 5.92 Å². The number of pyridine rings is 3. The molecule has 11 aromatic heterocycles. The Balaban J connectivity index is 0.000000133. The lowest BCUT2D eigenvalue weighted by Gasteiger charge is -2.11. The van der Waals surface area contributed by atoms with Gasteiger partial charge < -0.3 is 46.5 Å². The summed E-state index contributed by atoms with van der Waals surface area (Å²) in [6.07, 6.45) is 17.4. The smallest absolute Gasteiger partial charge is 0.175 e. The number of imidazole rings is 4. The van der Waals surface area contributed by atoms with Crippen molar-refractivity contribution >= 4 is 161 Å². The van der Waals surface area contributed by atoms with Gasteiger partial charge in [-0.15, -0.1) is 0 Å². The summed E-state index contributed by atoms with van der Waals surface area (Å²) in [6, 6.07) is 37.3. The standard InChI is InChI=1S/3C19H17ClN6S.C18H23ClN6S/c1-12-10-14(20)2-3-15(12)27-19-25-16-17(21)23-11-24-18(16)26(19)9-6-13-4-7-22-8-5-13;1-12-9-14(20)4-5-15(12)27-19-25-16-17(21)23-11-24-18(16)26(19)8-6-13-3-2-7-22-10-13;1-12-10-13(20)5-6-15(12)27-19-25-16-17(21)23-11-24-18(16)26(19)9-7-14-4-2-3-8-22-14;1-11(2)9-21-6-7-25-17-15(16(20)22-10-23-17)24-18(25)26-14-5-4-13(19)8-12(14)3/h2-5,7-8,10-11H,6,9H2,1H3,(H2,21,23,24);2-5,7,9-11H,6,8H2,1H3,(H2,21,23,24);2-6,8,10-11H,7,9H2,1H3,(H2,21,23,24);4-5,8,10-11,21H,6-7,9H2,1-3H3,(H2,20,22,23). The number of hydrogen-bond acceptors (Lipinski definition) is 24. The fourth-order valence-electron chi connectivity index (χ4n) is 11.1. The molecule has 0 spiro atoms. The molecule has 0 bridgehead atoms. The summed E-state index contributed by atoms with van der Waals surface area (Å²) >= 11 is 30.6. The molecule has 546 valence electrons. The minimum Gasteiger partial charge on any atom is -0.382 e. The van der Waals surface area contributed by atoms with Crippen LogP contribution in [0.2, 0.25) is 20.1 Å². The van der Waals surface area contributed by atoms with Crippen molar-refractivity contribution in [1.29, 1.82) is 0 Å². The lowest BCUT2D eigenvalue weighted by atomic mass is 10.2. The fourth-order valence-corrected chi connectivity index (χ4v) is 15.9.